The Kier molecular flexibility index (Phi) is 7.33. The van der Waals surface area contributed by atoms with Gasteiger partial charge in [0.1, 0.15) is 0 Å². The summed E-state index contributed by atoms with van der Waals surface area (Å²) in [4.78, 5) is 0. The summed E-state index contributed by atoms with van der Waals surface area (Å²) in [7, 11) is 3.27. The maximum absolute atomic E-state index is 6.29. The summed E-state index contributed by atoms with van der Waals surface area (Å²) in [6, 6.07) is 3.81. The predicted octanol–water partition coefficient (Wildman–Crippen LogP) is 4.46. The van der Waals surface area contributed by atoms with Crippen molar-refractivity contribution in [1.29, 1.82) is 0 Å². The van der Waals surface area contributed by atoms with Crippen LogP contribution in [0.15, 0.2) is 12.1 Å². The average Bonchev–Trinajstić information content (AvgIpc) is 2.42. The first-order chi connectivity index (χ1) is 9.87. The molecule has 0 radical (unpaired) electrons. The van der Waals surface area contributed by atoms with Crippen molar-refractivity contribution < 1.29 is 9.47 Å². The SMILES string of the molecule is COc1cc(Cl)c(CCCCCNC(C)(C)C)cc1OC. The fourth-order valence-corrected chi connectivity index (χ4v) is 2.42. The molecule has 0 heterocycles. The maximum atomic E-state index is 6.29. The first kappa shape index (κ1) is 18.1. The van der Waals surface area contributed by atoms with Crippen LogP contribution in [0.3, 0.4) is 0 Å². The number of halogens is 1. The van der Waals surface area contributed by atoms with Gasteiger partial charge >= 0.3 is 0 Å². The number of unbranched alkanes of at least 4 members (excludes halogenated alkanes) is 2. The van der Waals surface area contributed by atoms with Crippen LogP contribution in [0.25, 0.3) is 0 Å². The lowest BCUT2D eigenvalue weighted by molar-refractivity contribution is 0.354. The molecule has 0 spiro atoms. The Hall–Kier alpha value is -0.930. The number of hydrogen-bond acceptors (Lipinski definition) is 3. The summed E-state index contributed by atoms with van der Waals surface area (Å²) in [6.07, 6.45) is 4.46. The number of ether oxygens (including phenoxy) is 2. The lowest BCUT2D eigenvalue weighted by Crippen LogP contribution is -2.36. The predicted molar refractivity (Wildman–Crippen MR) is 89.9 cm³/mol. The Morgan fingerprint density at radius 3 is 2.19 bits per heavy atom. The highest BCUT2D eigenvalue weighted by molar-refractivity contribution is 6.31. The molecular formula is C17H28ClNO2. The fraction of sp³-hybridized carbons (Fsp3) is 0.647. The lowest BCUT2D eigenvalue weighted by atomic mass is 10.1. The van der Waals surface area contributed by atoms with E-state index >= 15 is 0 Å². The van der Waals surface area contributed by atoms with Gasteiger partial charge in [-0.25, -0.2) is 0 Å². The van der Waals surface area contributed by atoms with Gasteiger partial charge in [0.05, 0.1) is 14.2 Å². The molecule has 0 fully saturated rings. The zero-order valence-corrected chi connectivity index (χ0v) is 14.6. The summed E-state index contributed by atoms with van der Waals surface area (Å²) < 4.78 is 10.6. The molecule has 21 heavy (non-hydrogen) atoms. The third-order valence-corrected chi connectivity index (χ3v) is 3.68. The van der Waals surface area contributed by atoms with Crippen LogP contribution in [0.1, 0.15) is 45.6 Å². The van der Waals surface area contributed by atoms with Crippen molar-refractivity contribution in [1.82, 2.24) is 5.32 Å². The fourth-order valence-electron chi connectivity index (χ4n) is 2.17. The highest BCUT2D eigenvalue weighted by Crippen LogP contribution is 2.33. The number of rotatable bonds is 8. The molecule has 3 nitrogen and oxygen atoms in total. The molecule has 120 valence electrons. The molecule has 0 bridgehead atoms. The van der Waals surface area contributed by atoms with Gasteiger partial charge in [0.25, 0.3) is 0 Å². The average molecular weight is 314 g/mol. The molecule has 0 aliphatic carbocycles. The smallest absolute Gasteiger partial charge is 0.162 e. The number of methoxy groups -OCH3 is 2. The van der Waals surface area contributed by atoms with Gasteiger partial charge in [0.2, 0.25) is 0 Å². The van der Waals surface area contributed by atoms with Crippen molar-refractivity contribution in [3.63, 3.8) is 0 Å². The van der Waals surface area contributed by atoms with Gasteiger partial charge in [0, 0.05) is 16.6 Å². The van der Waals surface area contributed by atoms with Gasteiger partial charge < -0.3 is 14.8 Å². The van der Waals surface area contributed by atoms with E-state index in [1.165, 1.54) is 12.8 Å². The third kappa shape index (κ3) is 6.58. The molecular weight excluding hydrogens is 286 g/mol. The van der Waals surface area contributed by atoms with Gasteiger partial charge in [-0.05, 0) is 58.2 Å². The van der Waals surface area contributed by atoms with Crippen LogP contribution >= 0.6 is 11.6 Å². The summed E-state index contributed by atoms with van der Waals surface area (Å²) in [5.41, 5.74) is 1.32. The Morgan fingerprint density at radius 2 is 1.62 bits per heavy atom. The van der Waals surface area contributed by atoms with Crippen LogP contribution in [-0.2, 0) is 6.42 Å². The molecule has 0 aliphatic heterocycles. The Bertz CT molecular complexity index is 441. The van der Waals surface area contributed by atoms with Crippen molar-refractivity contribution in [2.45, 2.75) is 52.0 Å². The zero-order chi connectivity index (χ0) is 15.9. The number of aryl methyl sites for hydroxylation is 1. The van der Waals surface area contributed by atoms with Gasteiger partial charge in [-0.3, -0.25) is 0 Å². The minimum absolute atomic E-state index is 0.201. The number of benzene rings is 1. The highest BCUT2D eigenvalue weighted by Gasteiger charge is 2.10. The van der Waals surface area contributed by atoms with Gasteiger partial charge in [-0.15, -0.1) is 0 Å². The molecule has 0 atom stereocenters. The van der Waals surface area contributed by atoms with Crippen LogP contribution < -0.4 is 14.8 Å². The second-order valence-corrected chi connectivity index (χ2v) is 6.69. The molecule has 0 aliphatic rings. The zero-order valence-electron chi connectivity index (χ0n) is 13.9. The molecule has 1 aromatic carbocycles. The molecule has 0 saturated carbocycles. The van der Waals surface area contributed by atoms with Crippen LogP contribution in [0.5, 0.6) is 11.5 Å². The van der Waals surface area contributed by atoms with E-state index in [1.54, 1.807) is 14.2 Å². The van der Waals surface area contributed by atoms with Crippen molar-refractivity contribution >= 4 is 11.6 Å². The summed E-state index contributed by atoms with van der Waals surface area (Å²) in [6.45, 7) is 7.63. The van der Waals surface area contributed by atoms with E-state index in [2.05, 4.69) is 26.1 Å². The molecule has 0 saturated heterocycles. The lowest BCUT2D eigenvalue weighted by Gasteiger charge is -2.20. The van der Waals surface area contributed by atoms with E-state index in [-0.39, 0.29) is 5.54 Å². The topological polar surface area (TPSA) is 30.5 Å². The van der Waals surface area contributed by atoms with E-state index in [9.17, 15) is 0 Å². The number of hydrogen-bond donors (Lipinski definition) is 1. The van der Waals surface area contributed by atoms with Gasteiger partial charge in [-0.1, -0.05) is 18.0 Å². The van der Waals surface area contributed by atoms with E-state index < -0.39 is 0 Å². The summed E-state index contributed by atoms with van der Waals surface area (Å²) in [5.74, 6) is 1.42. The van der Waals surface area contributed by atoms with Crippen LogP contribution in [0.4, 0.5) is 0 Å². The molecule has 4 heteroatoms. The van der Waals surface area contributed by atoms with E-state index in [4.69, 9.17) is 21.1 Å². The Morgan fingerprint density at radius 1 is 1.00 bits per heavy atom. The third-order valence-electron chi connectivity index (χ3n) is 3.33. The second kappa shape index (κ2) is 8.50. The summed E-state index contributed by atoms with van der Waals surface area (Å²) in [5, 5.41) is 4.25. The van der Waals surface area contributed by atoms with Gasteiger partial charge in [0.15, 0.2) is 11.5 Å². The van der Waals surface area contributed by atoms with Crippen LogP contribution in [-0.4, -0.2) is 26.3 Å². The van der Waals surface area contributed by atoms with E-state index in [0.717, 1.165) is 35.7 Å². The van der Waals surface area contributed by atoms with Crippen molar-refractivity contribution in [2.75, 3.05) is 20.8 Å². The molecule has 1 rings (SSSR count). The standard InChI is InChI=1S/C17H28ClNO2/c1-17(2,3)19-10-8-6-7-9-13-11-15(20-4)16(21-5)12-14(13)18/h11-12,19H,6-10H2,1-5H3. The molecule has 0 unspecified atom stereocenters. The van der Waals surface area contributed by atoms with Crippen LogP contribution in [0, 0.1) is 0 Å². The van der Waals surface area contributed by atoms with Crippen molar-refractivity contribution in [3.8, 4) is 11.5 Å². The van der Waals surface area contributed by atoms with E-state index in [1.807, 2.05) is 12.1 Å². The monoisotopic (exact) mass is 313 g/mol. The Balaban J connectivity index is 2.42. The van der Waals surface area contributed by atoms with E-state index in [0.29, 0.717) is 5.75 Å². The molecule has 0 amide bonds. The normalized spacial score (nSPS) is 11.5. The second-order valence-electron chi connectivity index (χ2n) is 6.29. The first-order valence-corrected chi connectivity index (χ1v) is 7.90. The molecule has 0 aromatic heterocycles. The quantitative estimate of drug-likeness (QED) is 0.719. The minimum Gasteiger partial charge on any atom is -0.493 e. The van der Waals surface area contributed by atoms with Crippen molar-refractivity contribution in [2.24, 2.45) is 0 Å². The highest BCUT2D eigenvalue weighted by atomic mass is 35.5. The largest absolute Gasteiger partial charge is 0.493 e. The summed E-state index contributed by atoms with van der Waals surface area (Å²) >= 11 is 6.29. The molecule has 1 N–H and O–H groups in total. The molecule has 1 aromatic rings. The minimum atomic E-state index is 0.201. The van der Waals surface area contributed by atoms with Gasteiger partial charge in [-0.2, -0.15) is 0 Å². The number of nitrogens with one attached hydrogen (secondary N) is 1. The van der Waals surface area contributed by atoms with Crippen LogP contribution in [0.2, 0.25) is 5.02 Å². The Labute approximate surface area is 134 Å². The van der Waals surface area contributed by atoms with Crippen molar-refractivity contribution in [3.05, 3.63) is 22.7 Å². The first-order valence-electron chi connectivity index (χ1n) is 7.53. The maximum Gasteiger partial charge on any atom is 0.162 e.